The normalized spacial score (nSPS) is 42.3. The standard InChI is InChI=1S/C7H14O2/c1-6-4-9-7(6,2)5-8-3/h6H,4-5H2,1-3H3. The average molecular weight is 130 g/mol. The van der Waals surface area contributed by atoms with Crippen LogP contribution in [-0.4, -0.2) is 25.9 Å². The van der Waals surface area contributed by atoms with Crippen molar-refractivity contribution in [3.63, 3.8) is 0 Å². The molecule has 2 nitrogen and oxygen atoms in total. The summed E-state index contributed by atoms with van der Waals surface area (Å²) in [5.74, 6) is 0.650. The van der Waals surface area contributed by atoms with E-state index in [9.17, 15) is 0 Å². The molecule has 2 atom stereocenters. The first kappa shape index (κ1) is 7.03. The van der Waals surface area contributed by atoms with Crippen LogP contribution in [0.15, 0.2) is 0 Å². The monoisotopic (exact) mass is 130 g/mol. The van der Waals surface area contributed by atoms with Gasteiger partial charge in [0.25, 0.3) is 0 Å². The molecule has 1 aliphatic rings. The van der Waals surface area contributed by atoms with Crippen LogP contribution in [0, 0.1) is 5.92 Å². The maximum Gasteiger partial charge on any atom is 0.0934 e. The summed E-state index contributed by atoms with van der Waals surface area (Å²) in [5.41, 5.74) is 0.00868. The topological polar surface area (TPSA) is 18.5 Å². The highest BCUT2D eigenvalue weighted by Crippen LogP contribution is 2.31. The Balaban J connectivity index is 2.34. The molecule has 0 N–H and O–H groups in total. The second-order valence-corrected chi connectivity index (χ2v) is 2.96. The van der Waals surface area contributed by atoms with Gasteiger partial charge in [-0.3, -0.25) is 0 Å². The summed E-state index contributed by atoms with van der Waals surface area (Å²) in [6.45, 7) is 5.88. The van der Waals surface area contributed by atoms with E-state index < -0.39 is 0 Å². The minimum Gasteiger partial charge on any atom is -0.382 e. The largest absolute Gasteiger partial charge is 0.382 e. The highest BCUT2D eigenvalue weighted by atomic mass is 16.6. The second-order valence-electron chi connectivity index (χ2n) is 2.96. The predicted octanol–water partition coefficient (Wildman–Crippen LogP) is 1.06. The number of rotatable bonds is 2. The molecule has 0 saturated carbocycles. The lowest BCUT2D eigenvalue weighted by Crippen LogP contribution is -2.52. The van der Waals surface area contributed by atoms with Crippen LogP contribution in [0.2, 0.25) is 0 Å². The van der Waals surface area contributed by atoms with E-state index in [0.717, 1.165) is 6.61 Å². The van der Waals surface area contributed by atoms with E-state index in [0.29, 0.717) is 12.5 Å². The Morgan fingerprint density at radius 3 is 2.56 bits per heavy atom. The van der Waals surface area contributed by atoms with E-state index in [4.69, 9.17) is 9.47 Å². The zero-order valence-corrected chi connectivity index (χ0v) is 6.31. The molecule has 0 amide bonds. The number of ether oxygens (including phenoxy) is 2. The Labute approximate surface area is 56.2 Å². The second kappa shape index (κ2) is 2.27. The minimum atomic E-state index is 0.00868. The summed E-state index contributed by atoms with van der Waals surface area (Å²) < 4.78 is 10.3. The molecule has 0 aromatic heterocycles. The van der Waals surface area contributed by atoms with Crippen molar-refractivity contribution in [3.8, 4) is 0 Å². The van der Waals surface area contributed by atoms with Gasteiger partial charge in [0.15, 0.2) is 0 Å². The van der Waals surface area contributed by atoms with Gasteiger partial charge in [-0.15, -0.1) is 0 Å². The zero-order valence-electron chi connectivity index (χ0n) is 6.31. The molecule has 0 bridgehead atoms. The van der Waals surface area contributed by atoms with Crippen LogP contribution in [0.3, 0.4) is 0 Å². The van der Waals surface area contributed by atoms with Gasteiger partial charge in [0.1, 0.15) is 0 Å². The van der Waals surface area contributed by atoms with Crippen molar-refractivity contribution in [1.82, 2.24) is 0 Å². The third-order valence-corrected chi connectivity index (χ3v) is 2.14. The summed E-state index contributed by atoms with van der Waals surface area (Å²) in [5, 5.41) is 0. The summed E-state index contributed by atoms with van der Waals surface area (Å²) in [6.07, 6.45) is 0. The van der Waals surface area contributed by atoms with E-state index in [-0.39, 0.29) is 5.60 Å². The van der Waals surface area contributed by atoms with Gasteiger partial charge in [0, 0.05) is 13.0 Å². The van der Waals surface area contributed by atoms with Crippen LogP contribution in [0.25, 0.3) is 0 Å². The fraction of sp³-hybridized carbons (Fsp3) is 1.00. The molecular formula is C7H14O2. The van der Waals surface area contributed by atoms with Crippen molar-refractivity contribution in [3.05, 3.63) is 0 Å². The van der Waals surface area contributed by atoms with Crippen LogP contribution >= 0.6 is 0 Å². The van der Waals surface area contributed by atoms with Crippen LogP contribution in [0.4, 0.5) is 0 Å². The molecule has 1 saturated heterocycles. The molecule has 2 unspecified atom stereocenters. The first-order valence-corrected chi connectivity index (χ1v) is 3.32. The third-order valence-electron chi connectivity index (χ3n) is 2.14. The van der Waals surface area contributed by atoms with Crippen LogP contribution in [0.5, 0.6) is 0 Å². The van der Waals surface area contributed by atoms with Crippen LogP contribution < -0.4 is 0 Å². The highest BCUT2D eigenvalue weighted by Gasteiger charge is 2.40. The van der Waals surface area contributed by atoms with E-state index in [1.54, 1.807) is 7.11 Å². The van der Waals surface area contributed by atoms with E-state index in [1.165, 1.54) is 0 Å². The summed E-state index contributed by atoms with van der Waals surface area (Å²) in [4.78, 5) is 0. The Bertz CT molecular complexity index is 103. The van der Waals surface area contributed by atoms with E-state index in [1.807, 2.05) is 0 Å². The molecule has 1 rings (SSSR count). The van der Waals surface area contributed by atoms with Crippen molar-refractivity contribution in [2.75, 3.05) is 20.3 Å². The maximum atomic E-state index is 5.35. The lowest BCUT2D eigenvalue weighted by atomic mass is 9.87. The van der Waals surface area contributed by atoms with Gasteiger partial charge in [0.2, 0.25) is 0 Å². The van der Waals surface area contributed by atoms with Gasteiger partial charge >= 0.3 is 0 Å². The molecule has 1 aliphatic heterocycles. The molecule has 1 fully saturated rings. The Hall–Kier alpha value is -0.0800. The van der Waals surface area contributed by atoms with Gasteiger partial charge in [-0.1, -0.05) is 6.92 Å². The lowest BCUT2D eigenvalue weighted by Gasteiger charge is -2.44. The van der Waals surface area contributed by atoms with Crippen molar-refractivity contribution in [1.29, 1.82) is 0 Å². The van der Waals surface area contributed by atoms with E-state index in [2.05, 4.69) is 13.8 Å². The summed E-state index contributed by atoms with van der Waals surface area (Å²) in [7, 11) is 1.71. The van der Waals surface area contributed by atoms with Gasteiger partial charge in [0.05, 0.1) is 18.8 Å². The molecular weight excluding hydrogens is 116 g/mol. The number of hydrogen-bond donors (Lipinski definition) is 0. The molecule has 2 heteroatoms. The molecule has 0 aliphatic carbocycles. The third kappa shape index (κ3) is 1.10. The zero-order chi connectivity index (χ0) is 6.91. The van der Waals surface area contributed by atoms with E-state index >= 15 is 0 Å². The Morgan fingerprint density at radius 2 is 2.44 bits per heavy atom. The molecule has 9 heavy (non-hydrogen) atoms. The SMILES string of the molecule is COCC1(C)OCC1C. The molecule has 0 spiro atoms. The fourth-order valence-corrected chi connectivity index (χ4v) is 1.01. The highest BCUT2D eigenvalue weighted by molar-refractivity contribution is 4.88. The quantitative estimate of drug-likeness (QED) is 0.556. The van der Waals surface area contributed by atoms with Crippen molar-refractivity contribution < 1.29 is 9.47 Å². The first-order chi connectivity index (χ1) is 4.19. The number of hydrogen-bond acceptors (Lipinski definition) is 2. The van der Waals surface area contributed by atoms with Crippen molar-refractivity contribution >= 4 is 0 Å². The Morgan fingerprint density at radius 1 is 1.78 bits per heavy atom. The predicted molar refractivity (Wildman–Crippen MR) is 35.4 cm³/mol. The maximum absolute atomic E-state index is 5.35. The van der Waals surface area contributed by atoms with Gasteiger partial charge in [-0.2, -0.15) is 0 Å². The van der Waals surface area contributed by atoms with Crippen LogP contribution in [0.1, 0.15) is 13.8 Å². The molecule has 1 heterocycles. The summed E-state index contributed by atoms with van der Waals surface area (Å²) in [6, 6.07) is 0. The lowest BCUT2D eigenvalue weighted by molar-refractivity contribution is -0.209. The average Bonchev–Trinajstić information content (AvgIpc) is 1.86. The van der Waals surface area contributed by atoms with Crippen molar-refractivity contribution in [2.24, 2.45) is 5.92 Å². The molecule has 54 valence electrons. The number of methoxy groups -OCH3 is 1. The first-order valence-electron chi connectivity index (χ1n) is 3.32. The minimum absolute atomic E-state index is 0.00868. The molecule has 0 aromatic carbocycles. The van der Waals surface area contributed by atoms with Crippen LogP contribution in [-0.2, 0) is 9.47 Å². The van der Waals surface area contributed by atoms with Gasteiger partial charge < -0.3 is 9.47 Å². The van der Waals surface area contributed by atoms with Gasteiger partial charge in [-0.05, 0) is 6.92 Å². The smallest absolute Gasteiger partial charge is 0.0934 e. The fourth-order valence-electron chi connectivity index (χ4n) is 1.01. The molecule has 0 aromatic rings. The molecule has 0 radical (unpaired) electrons. The Kier molecular flexibility index (Phi) is 1.78. The summed E-state index contributed by atoms with van der Waals surface area (Å²) >= 11 is 0. The van der Waals surface area contributed by atoms with Crippen molar-refractivity contribution in [2.45, 2.75) is 19.4 Å². The van der Waals surface area contributed by atoms with Gasteiger partial charge in [-0.25, -0.2) is 0 Å².